The van der Waals surface area contributed by atoms with E-state index in [4.69, 9.17) is 11.6 Å². The Morgan fingerprint density at radius 2 is 2.08 bits per heavy atom. The molecule has 2 rings (SSSR count). The van der Waals surface area contributed by atoms with Gasteiger partial charge in [0.15, 0.2) is 5.96 Å². The third-order valence-corrected chi connectivity index (χ3v) is 3.39. The van der Waals surface area contributed by atoms with Gasteiger partial charge in [-0.2, -0.15) is 8.78 Å². The number of benzene rings is 1. The van der Waals surface area contributed by atoms with Gasteiger partial charge in [0, 0.05) is 23.3 Å². The van der Waals surface area contributed by atoms with Crippen molar-refractivity contribution in [3.05, 3.63) is 58.9 Å². The van der Waals surface area contributed by atoms with Crippen LogP contribution in [0.5, 0.6) is 5.75 Å². The first-order chi connectivity index (χ1) is 12.1. The van der Waals surface area contributed by atoms with Gasteiger partial charge in [0.1, 0.15) is 5.75 Å². The van der Waals surface area contributed by atoms with Gasteiger partial charge in [-0.25, -0.2) is 4.99 Å². The normalized spacial score (nSPS) is 11.0. The van der Waals surface area contributed by atoms with Crippen LogP contribution in [-0.2, 0) is 13.1 Å². The largest absolute Gasteiger partial charge is 0.434 e. The molecule has 2 aromatic rings. The summed E-state index contributed by atoms with van der Waals surface area (Å²) in [6.07, 6.45) is 1.71. The van der Waals surface area contributed by atoms with Gasteiger partial charge < -0.3 is 15.4 Å². The van der Waals surface area contributed by atoms with E-state index in [-0.39, 0.29) is 36.3 Å². The predicted octanol–water partition coefficient (Wildman–Crippen LogP) is 4.21. The molecule has 0 spiro atoms. The second-order valence-corrected chi connectivity index (χ2v) is 5.44. The van der Waals surface area contributed by atoms with E-state index in [0.717, 1.165) is 5.69 Å². The van der Waals surface area contributed by atoms with E-state index in [1.54, 1.807) is 12.3 Å². The highest BCUT2D eigenvalue weighted by Gasteiger charge is 2.10. The fourth-order valence-electron chi connectivity index (χ4n) is 2.07. The lowest BCUT2D eigenvalue weighted by Crippen LogP contribution is -2.37. The monoisotopic (exact) mass is 496 g/mol. The lowest BCUT2D eigenvalue weighted by atomic mass is 10.2. The zero-order chi connectivity index (χ0) is 18.1. The summed E-state index contributed by atoms with van der Waals surface area (Å²) in [7, 11) is 0. The number of hydrogen-bond donors (Lipinski definition) is 2. The van der Waals surface area contributed by atoms with Crippen LogP contribution in [0.2, 0.25) is 5.02 Å². The molecule has 0 atom stereocenters. The SMILES string of the molecule is CCNC(=NCc1cc(Cl)ccc1OC(F)F)NCc1ccccn1.I. The number of hydrogen-bond acceptors (Lipinski definition) is 3. The van der Waals surface area contributed by atoms with Crippen molar-refractivity contribution in [3.63, 3.8) is 0 Å². The second-order valence-electron chi connectivity index (χ2n) is 5.00. The quantitative estimate of drug-likeness (QED) is 0.343. The molecule has 1 aromatic heterocycles. The molecule has 0 saturated heterocycles. The average Bonchev–Trinajstić information content (AvgIpc) is 2.60. The molecule has 26 heavy (non-hydrogen) atoms. The van der Waals surface area contributed by atoms with E-state index in [0.29, 0.717) is 29.6 Å². The highest BCUT2D eigenvalue weighted by molar-refractivity contribution is 14.0. The summed E-state index contributed by atoms with van der Waals surface area (Å²) in [5, 5.41) is 6.65. The Labute approximate surface area is 173 Å². The molecule has 5 nitrogen and oxygen atoms in total. The second kappa shape index (κ2) is 11.8. The third-order valence-electron chi connectivity index (χ3n) is 3.15. The molecular formula is C17H20ClF2IN4O. The number of rotatable bonds is 7. The van der Waals surface area contributed by atoms with Gasteiger partial charge in [-0.15, -0.1) is 24.0 Å². The fourth-order valence-corrected chi connectivity index (χ4v) is 2.26. The zero-order valence-corrected chi connectivity index (χ0v) is 17.2. The van der Waals surface area contributed by atoms with Crippen molar-refractivity contribution >= 4 is 41.5 Å². The summed E-state index contributed by atoms with van der Waals surface area (Å²) in [6, 6.07) is 10.1. The number of aliphatic imine (C=N–C) groups is 1. The number of halogens is 4. The number of alkyl halides is 2. The van der Waals surface area contributed by atoms with Gasteiger partial charge >= 0.3 is 6.61 Å². The molecule has 0 aliphatic carbocycles. The van der Waals surface area contributed by atoms with Crippen molar-refractivity contribution in [3.8, 4) is 5.75 Å². The van der Waals surface area contributed by atoms with Crippen LogP contribution in [0.4, 0.5) is 8.78 Å². The Kier molecular flexibility index (Phi) is 10.2. The first-order valence-corrected chi connectivity index (χ1v) is 8.11. The minimum Gasteiger partial charge on any atom is -0.434 e. The minimum atomic E-state index is -2.90. The van der Waals surface area contributed by atoms with E-state index >= 15 is 0 Å². The van der Waals surface area contributed by atoms with Crippen LogP contribution >= 0.6 is 35.6 Å². The summed E-state index contributed by atoms with van der Waals surface area (Å²) >= 11 is 5.94. The summed E-state index contributed by atoms with van der Waals surface area (Å²) in [4.78, 5) is 8.61. The van der Waals surface area contributed by atoms with Crippen LogP contribution in [0.25, 0.3) is 0 Å². The molecule has 2 N–H and O–H groups in total. The van der Waals surface area contributed by atoms with Crippen molar-refractivity contribution in [2.75, 3.05) is 6.54 Å². The molecule has 0 aliphatic heterocycles. The van der Waals surface area contributed by atoms with E-state index in [1.165, 1.54) is 12.1 Å². The van der Waals surface area contributed by atoms with Gasteiger partial charge in [-0.3, -0.25) is 4.98 Å². The van der Waals surface area contributed by atoms with Gasteiger partial charge in [0.05, 0.1) is 18.8 Å². The van der Waals surface area contributed by atoms with Crippen LogP contribution in [0.15, 0.2) is 47.6 Å². The van der Waals surface area contributed by atoms with Crippen LogP contribution in [0.3, 0.4) is 0 Å². The van der Waals surface area contributed by atoms with Gasteiger partial charge in [-0.05, 0) is 37.3 Å². The van der Waals surface area contributed by atoms with Crippen molar-refractivity contribution in [1.29, 1.82) is 0 Å². The Balaban J connectivity index is 0.00000338. The molecule has 1 heterocycles. The van der Waals surface area contributed by atoms with Crippen LogP contribution in [0, 0.1) is 0 Å². The Bertz CT molecular complexity index is 704. The molecule has 9 heteroatoms. The van der Waals surface area contributed by atoms with Crippen molar-refractivity contribution in [2.45, 2.75) is 26.6 Å². The highest BCUT2D eigenvalue weighted by Crippen LogP contribution is 2.25. The number of guanidine groups is 1. The fraction of sp³-hybridized carbons (Fsp3) is 0.294. The molecular weight excluding hydrogens is 477 g/mol. The maximum Gasteiger partial charge on any atom is 0.387 e. The van der Waals surface area contributed by atoms with Crippen LogP contribution in [0.1, 0.15) is 18.2 Å². The molecule has 0 amide bonds. The molecule has 0 saturated carbocycles. The number of nitrogens with one attached hydrogen (secondary N) is 2. The number of pyridine rings is 1. The Morgan fingerprint density at radius 3 is 2.73 bits per heavy atom. The first kappa shape index (κ1) is 22.4. The van der Waals surface area contributed by atoms with Gasteiger partial charge in [-0.1, -0.05) is 17.7 Å². The maximum absolute atomic E-state index is 12.5. The van der Waals surface area contributed by atoms with Crippen molar-refractivity contribution < 1.29 is 13.5 Å². The van der Waals surface area contributed by atoms with Crippen LogP contribution in [-0.4, -0.2) is 24.1 Å². The summed E-state index contributed by atoms with van der Waals surface area (Å²) in [5.74, 6) is 0.597. The predicted molar refractivity (Wildman–Crippen MR) is 109 cm³/mol. The standard InChI is InChI=1S/C17H19ClF2N4O.HI/c1-2-21-17(24-11-14-5-3-4-8-22-14)23-10-12-9-13(18)6-7-15(12)25-16(19)20;/h3-9,16H,2,10-11H2,1H3,(H2,21,23,24);1H. The van der Waals surface area contributed by atoms with Gasteiger partial charge in [0.25, 0.3) is 0 Å². The van der Waals surface area contributed by atoms with E-state index in [1.807, 2.05) is 25.1 Å². The number of nitrogens with zero attached hydrogens (tertiary/aromatic N) is 2. The molecule has 0 aliphatic rings. The molecule has 0 radical (unpaired) electrons. The third kappa shape index (κ3) is 7.69. The topological polar surface area (TPSA) is 58.5 Å². The summed E-state index contributed by atoms with van der Waals surface area (Å²) < 4.78 is 29.5. The summed E-state index contributed by atoms with van der Waals surface area (Å²) in [5.41, 5.74) is 1.33. The van der Waals surface area contributed by atoms with E-state index in [2.05, 4.69) is 25.3 Å². The van der Waals surface area contributed by atoms with Crippen molar-refractivity contribution in [1.82, 2.24) is 15.6 Å². The lowest BCUT2D eigenvalue weighted by molar-refractivity contribution is -0.0504. The minimum absolute atomic E-state index is 0. The molecule has 1 aromatic carbocycles. The smallest absolute Gasteiger partial charge is 0.387 e. The summed E-state index contributed by atoms with van der Waals surface area (Å²) in [6.45, 7) is 0.314. The first-order valence-electron chi connectivity index (χ1n) is 7.73. The molecule has 142 valence electrons. The Hall–Kier alpha value is -1.68. The molecule has 0 bridgehead atoms. The average molecular weight is 497 g/mol. The molecule has 0 fully saturated rings. The Morgan fingerprint density at radius 1 is 1.27 bits per heavy atom. The lowest BCUT2D eigenvalue weighted by Gasteiger charge is -2.13. The van der Waals surface area contributed by atoms with E-state index in [9.17, 15) is 8.78 Å². The number of aromatic nitrogens is 1. The highest BCUT2D eigenvalue weighted by atomic mass is 127. The van der Waals surface area contributed by atoms with Gasteiger partial charge in [0.2, 0.25) is 0 Å². The van der Waals surface area contributed by atoms with Crippen LogP contribution < -0.4 is 15.4 Å². The van der Waals surface area contributed by atoms with E-state index < -0.39 is 6.61 Å². The zero-order valence-electron chi connectivity index (χ0n) is 14.1. The number of ether oxygens (including phenoxy) is 1. The maximum atomic E-state index is 12.5. The molecule has 0 unspecified atom stereocenters. The van der Waals surface area contributed by atoms with Crippen molar-refractivity contribution in [2.24, 2.45) is 4.99 Å².